The first kappa shape index (κ1) is 33.0. The number of para-hydroxylation sites is 1. The van der Waals surface area contributed by atoms with Gasteiger partial charge in [0, 0.05) is 30.6 Å². The number of rotatable bonds is 8. The van der Waals surface area contributed by atoms with Gasteiger partial charge in [0.2, 0.25) is 11.8 Å². The molecule has 3 aromatic rings. The van der Waals surface area contributed by atoms with Gasteiger partial charge in [-0.1, -0.05) is 66.2 Å². The SMILES string of the molecule is COC(=O)C[C@H]1Cc2ccccc2CN1C(=O)CN(CCc1cccc(Cl)c1)C(=O)[C@H]1Cc2ccccc2N1C(=O)OC(C)(C)C. The van der Waals surface area contributed by atoms with Gasteiger partial charge in [0.05, 0.1) is 25.8 Å². The van der Waals surface area contributed by atoms with Crippen LogP contribution in [0.2, 0.25) is 5.02 Å². The smallest absolute Gasteiger partial charge is 0.415 e. The number of hydrogen-bond acceptors (Lipinski definition) is 6. The van der Waals surface area contributed by atoms with Crippen LogP contribution in [-0.2, 0) is 49.7 Å². The van der Waals surface area contributed by atoms with Crippen molar-refractivity contribution in [1.82, 2.24) is 9.80 Å². The molecule has 9 nitrogen and oxygen atoms in total. The van der Waals surface area contributed by atoms with E-state index in [9.17, 15) is 19.2 Å². The monoisotopic (exact) mass is 645 g/mol. The van der Waals surface area contributed by atoms with Crippen molar-refractivity contribution in [2.45, 2.75) is 70.7 Å². The molecule has 5 rings (SSSR count). The minimum Gasteiger partial charge on any atom is -0.469 e. The highest BCUT2D eigenvalue weighted by Crippen LogP contribution is 2.34. The zero-order valence-electron chi connectivity index (χ0n) is 26.7. The van der Waals surface area contributed by atoms with E-state index in [0.717, 1.165) is 22.3 Å². The molecule has 0 fully saturated rings. The number of methoxy groups -OCH3 is 1. The van der Waals surface area contributed by atoms with Crippen molar-refractivity contribution in [3.8, 4) is 0 Å². The second-order valence-electron chi connectivity index (χ2n) is 12.8. The highest BCUT2D eigenvalue weighted by Gasteiger charge is 2.43. The Morgan fingerprint density at radius 2 is 1.61 bits per heavy atom. The molecule has 2 heterocycles. The molecule has 46 heavy (non-hydrogen) atoms. The number of halogens is 1. The van der Waals surface area contributed by atoms with Crippen LogP contribution in [0.3, 0.4) is 0 Å². The molecule has 0 aromatic heterocycles. The normalized spacial score (nSPS) is 17.2. The molecule has 0 unspecified atom stereocenters. The fraction of sp³-hybridized carbons (Fsp3) is 0.389. The van der Waals surface area contributed by atoms with Gasteiger partial charge in [0.25, 0.3) is 0 Å². The van der Waals surface area contributed by atoms with E-state index in [1.165, 1.54) is 16.9 Å². The first-order chi connectivity index (χ1) is 21.9. The van der Waals surface area contributed by atoms with Gasteiger partial charge in [-0.2, -0.15) is 0 Å². The summed E-state index contributed by atoms with van der Waals surface area (Å²) >= 11 is 6.24. The molecule has 0 saturated carbocycles. The minimum absolute atomic E-state index is 0.0391. The quantitative estimate of drug-likeness (QED) is 0.296. The Morgan fingerprint density at radius 1 is 0.913 bits per heavy atom. The van der Waals surface area contributed by atoms with Crippen LogP contribution < -0.4 is 4.90 Å². The lowest BCUT2D eigenvalue weighted by atomic mass is 9.92. The maximum Gasteiger partial charge on any atom is 0.415 e. The maximum absolute atomic E-state index is 14.5. The average molecular weight is 646 g/mol. The predicted molar refractivity (Wildman–Crippen MR) is 175 cm³/mol. The van der Waals surface area contributed by atoms with Crippen LogP contribution in [-0.4, -0.2) is 71.6 Å². The van der Waals surface area contributed by atoms with Crippen molar-refractivity contribution in [3.63, 3.8) is 0 Å². The molecule has 0 spiro atoms. The lowest BCUT2D eigenvalue weighted by molar-refractivity contribution is -0.147. The highest BCUT2D eigenvalue weighted by atomic mass is 35.5. The first-order valence-electron chi connectivity index (χ1n) is 15.5. The summed E-state index contributed by atoms with van der Waals surface area (Å²) in [6, 6.07) is 21.3. The van der Waals surface area contributed by atoms with E-state index < -0.39 is 29.7 Å². The number of carbonyl (C=O) groups is 4. The van der Waals surface area contributed by atoms with Crippen LogP contribution >= 0.6 is 11.6 Å². The number of esters is 1. The molecule has 0 saturated heterocycles. The fourth-order valence-corrected chi connectivity index (χ4v) is 6.36. The van der Waals surface area contributed by atoms with Gasteiger partial charge >= 0.3 is 12.1 Å². The number of fused-ring (bicyclic) bond motifs is 2. The van der Waals surface area contributed by atoms with Crippen LogP contribution in [0.25, 0.3) is 0 Å². The van der Waals surface area contributed by atoms with Crippen LogP contribution in [0.5, 0.6) is 0 Å². The lowest BCUT2D eigenvalue weighted by Gasteiger charge is -2.38. The summed E-state index contributed by atoms with van der Waals surface area (Å²) in [6.45, 7) is 5.63. The van der Waals surface area contributed by atoms with Crippen molar-refractivity contribution < 1.29 is 28.7 Å². The molecule has 0 radical (unpaired) electrons. The molecular weight excluding hydrogens is 606 g/mol. The number of ether oxygens (including phenoxy) is 2. The molecule has 10 heteroatoms. The summed E-state index contributed by atoms with van der Waals surface area (Å²) in [7, 11) is 1.33. The number of carbonyl (C=O) groups excluding carboxylic acids is 4. The van der Waals surface area contributed by atoms with E-state index >= 15 is 0 Å². The van der Waals surface area contributed by atoms with E-state index in [1.54, 1.807) is 37.8 Å². The summed E-state index contributed by atoms with van der Waals surface area (Å²) < 4.78 is 10.7. The fourth-order valence-electron chi connectivity index (χ4n) is 6.15. The lowest BCUT2D eigenvalue weighted by Crippen LogP contribution is -2.55. The van der Waals surface area contributed by atoms with Crippen LogP contribution in [0.15, 0.2) is 72.8 Å². The minimum atomic E-state index is -0.896. The molecule has 3 amide bonds. The standard InChI is InChI=1S/C36H40ClN3O6/c1-36(2,3)46-35(44)40-30-15-8-7-12-26(30)20-31(40)34(43)38(17-16-24-10-9-14-28(37)18-24)23-32(41)39-22-27-13-6-5-11-25(27)19-29(39)21-33(42)45-4/h5-15,18,29,31H,16-17,19-23H2,1-4H3/t29-,31-/m1/s1. The van der Waals surface area contributed by atoms with Gasteiger partial charge in [-0.05, 0) is 74.1 Å². The summed E-state index contributed by atoms with van der Waals surface area (Å²) in [5.74, 6) is -1.06. The first-order valence-corrected chi connectivity index (χ1v) is 15.9. The van der Waals surface area contributed by atoms with Gasteiger partial charge in [-0.3, -0.25) is 19.3 Å². The van der Waals surface area contributed by atoms with Gasteiger partial charge < -0.3 is 19.3 Å². The Hall–Kier alpha value is -4.37. The van der Waals surface area contributed by atoms with Crippen LogP contribution in [0.4, 0.5) is 10.5 Å². The van der Waals surface area contributed by atoms with E-state index in [1.807, 2.05) is 60.7 Å². The predicted octanol–water partition coefficient (Wildman–Crippen LogP) is 5.59. The summed E-state index contributed by atoms with van der Waals surface area (Å²) in [5.41, 5.74) is 3.67. The molecule has 0 N–H and O–H groups in total. The van der Waals surface area contributed by atoms with Crippen molar-refractivity contribution >= 4 is 41.2 Å². The second-order valence-corrected chi connectivity index (χ2v) is 13.2. The third-order valence-corrected chi connectivity index (χ3v) is 8.59. The van der Waals surface area contributed by atoms with E-state index in [4.69, 9.17) is 21.1 Å². The molecule has 2 aliphatic heterocycles. The van der Waals surface area contributed by atoms with E-state index in [2.05, 4.69) is 0 Å². The summed E-state index contributed by atoms with van der Waals surface area (Å²) in [5, 5.41) is 0.575. The zero-order chi connectivity index (χ0) is 33.0. The highest BCUT2D eigenvalue weighted by molar-refractivity contribution is 6.30. The third-order valence-electron chi connectivity index (χ3n) is 8.35. The van der Waals surface area contributed by atoms with Crippen molar-refractivity contribution in [1.29, 1.82) is 0 Å². The van der Waals surface area contributed by atoms with Crippen molar-refractivity contribution in [3.05, 3.63) is 100 Å². The average Bonchev–Trinajstić information content (AvgIpc) is 3.41. The van der Waals surface area contributed by atoms with Crippen LogP contribution in [0, 0.1) is 0 Å². The molecule has 0 bridgehead atoms. The Bertz CT molecular complexity index is 1620. The van der Waals surface area contributed by atoms with Gasteiger partial charge in [-0.15, -0.1) is 0 Å². The molecule has 242 valence electrons. The van der Waals surface area contributed by atoms with Crippen LogP contribution in [0.1, 0.15) is 49.4 Å². The molecular formula is C36H40ClN3O6. The number of benzene rings is 3. The van der Waals surface area contributed by atoms with Gasteiger partial charge in [0.15, 0.2) is 0 Å². The molecule has 2 aliphatic rings. The Morgan fingerprint density at radius 3 is 2.30 bits per heavy atom. The molecule has 2 atom stereocenters. The topological polar surface area (TPSA) is 96.5 Å². The summed E-state index contributed by atoms with van der Waals surface area (Å²) in [4.78, 5) is 59.2. The molecule has 0 aliphatic carbocycles. The second kappa shape index (κ2) is 14.0. The number of anilines is 1. The summed E-state index contributed by atoms with van der Waals surface area (Å²) in [6.07, 6.45) is 0.649. The molecule has 3 aromatic carbocycles. The Labute approximate surface area is 275 Å². The largest absolute Gasteiger partial charge is 0.469 e. The maximum atomic E-state index is 14.5. The zero-order valence-corrected chi connectivity index (χ0v) is 27.5. The van der Waals surface area contributed by atoms with Crippen molar-refractivity contribution in [2.75, 3.05) is 25.1 Å². The Kier molecular flexibility index (Phi) is 10.0. The van der Waals surface area contributed by atoms with Gasteiger partial charge in [0.1, 0.15) is 11.6 Å². The number of nitrogens with zero attached hydrogens (tertiary/aromatic N) is 3. The van der Waals surface area contributed by atoms with Gasteiger partial charge in [-0.25, -0.2) is 4.79 Å². The van der Waals surface area contributed by atoms with Crippen molar-refractivity contribution in [2.24, 2.45) is 0 Å². The van der Waals surface area contributed by atoms with E-state index in [-0.39, 0.29) is 37.7 Å². The Balaban J connectivity index is 1.45. The number of hydrogen-bond donors (Lipinski definition) is 0. The number of amides is 3. The van der Waals surface area contributed by atoms with E-state index in [0.29, 0.717) is 30.1 Å². The third kappa shape index (κ3) is 7.70.